The lowest BCUT2D eigenvalue weighted by Crippen LogP contribution is -2.42. The number of hydrogen-bond acceptors (Lipinski definition) is 4. The Kier molecular flexibility index (Phi) is 5.95. The molecule has 0 spiro atoms. The molecular weight excluding hydrogens is 468 g/mol. The molecule has 1 aromatic carbocycles. The number of imidazole rings is 1. The van der Waals surface area contributed by atoms with E-state index in [-0.39, 0.29) is 23.4 Å². The van der Waals surface area contributed by atoms with E-state index in [1.807, 2.05) is 35.9 Å². The molecule has 1 unspecified atom stereocenters. The summed E-state index contributed by atoms with van der Waals surface area (Å²) in [5.41, 5.74) is 1.81. The first kappa shape index (κ1) is 21.0. The standard InChI is InChI=1S/C21H23BrN4O3S/c1-15-5-2-3-10-26(15)30(28,29)19-7-4-6-16(11-19)21(27)23-12-18-14-25-13-17(22)8-9-20(25)24-18/h4,6-9,11,13-15H,2-3,5,10,12H2,1H3,(H,23,27). The summed E-state index contributed by atoms with van der Waals surface area (Å²) in [4.78, 5) is 17.3. The summed E-state index contributed by atoms with van der Waals surface area (Å²) in [6.45, 7) is 2.70. The van der Waals surface area contributed by atoms with Crippen LogP contribution in [0.2, 0.25) is 0 Å². The molecule has 3 heterocycles. The first-order valence-corrected chi connectivity index (χ1v) is 12.1. The van der Waals surface area contributed by atoms with E-state index in [0.717, 1.165) is 29.4 Å². The number of rotatable bonds is 5. The number of nitrogens with zero attached hydrogens (tertiary/aromatic N) is 3. The van der Waals surface area contributed by atoms with Crippen molar-refractivity contribution in [2.24, 2.45) is 0 Å². The molecular formula is C21H23BrN4O3S. The zero-order valence-electron chi connectivity index (χ0n) is 16.6. The van der Waals surface area contributed by atoms with Gasteiger partial charge < -0.3 is 9.72 Å². The predicted molar refractivity (Wildman–Crippen MR) is 118 cm³/mol. The monoisotopic (exact) mass is 490 g/mol. The Morgan fingerprint density at radius 1 is 1.23 bits per heavy atom. The zero-order valence-corrected chi connectivity index (χ0v) is 19.0. The summed E-state index contributed by atoms with van der Waals surface area (Å²) >= 11 is 3.42. The van der Waals surface area contributed by atoms with Crippen LogP contribution in [0, 0.1) is 0 Å². The Bertz CT molecular complexity index is 1190. The minimum absolute atomic E-state index is 0.0312. The van der Waals surface area contributed by atoms with E-state index >= 15 is 0 Å². The van der Waals surface area contributed by atoms with Gasteiger partial charge in [-0.2, -0.15) is 4.31 Å². The van der Waals surface area contributed by atoms with Crippen LogP contribution < -0.4 is 5.32 Å². The molecule has 0 radical (unpaired) electrons. The average molecular weight is 491 g/mol. The number of sulfonamides is 1. The van der Waals surface area contributed by atoms with E-state index < -0.39 is 10.0 Å². The first-order valence-electron chi connectivity index (χ1n) is 9.88. The molecule has 1 amide bonds. The molecule has 9 heteroatoms. The van der Waals surface area contributed by atoms with Crippen molar-refractivity contribution in [3.8, 4) is 0 Å². The molecule has 2 aromatic heterocycles. The number of pyridine rings is 1. The lowest BCUT2D eigenvalue weighted by atomic mass is 10.1. The maximum atomic E-state index is 13.1. The SMILES string of the molecule is CC1CCCCN1S(=O)(=O)c1cccc(C(=O)NCc2cn3cc(Br)ccc3n2)c1. The Labute approximate surface area is 184 Å². The van der Waals surface area contributed by atoms with Crippen LogP contribution in [-0.2, 0) is 16.6 Å². The third kappa shape index (κ3) is 4.28. The van der Waals surface area contributed by atoms with Crippen LogP contribution in [-0.4, -0.2) is 40.6 Å². The average Bonchev–Trinajstić information content (AvgIpc) is 3.14. The number of carbonyl (C=O) groups excluding carboxylic acids is 1. The van der Waals surface area contributed by atoms with Crippen molar-refractivity contribution < 1.29 is 13.2 Å². The second kappa shape index (κ2) is 8.49. The molecule has 1 aliphatic heterocycles. The van der Waals surface area contributed by atoms with E-state index in [4.69, 9.17) is 0 Å². The number of benzene rings is 1. The highest BCUT2D eigenvalue weighted by Crippen LogP contribution is 2.25. The number of nitrogens with one attached hydrogen (secondary N) is 1. The van der Waals surface area contributed by atoms with Crippen molar-refractivity contribution in [1.82, 2.24) is 19.0 Å². The van der Waals surface area contributed by atoms with Gasteiger partial charge in [-0.15, -0.1) is 0 Å². The number of fused-ring (bicyclic) bond motifs is 1. The second-order valence-electron chi connectivity index (χ2n) is 7.52. The molecule has 0 bridgehead atoms. The van der Waals surface area contributed by atoms with Gasteiger partial charge in [-0.1, -0.05) is 12.5 Å². The molecule has 1 fully saturated rings. The van der Waals surface area contributed by atoms with E-state index in [1.54, 1.807) is 22.5 Å². The van der Waals surface area contributed by atoms with Crippen LogP contribution in [0.3, 0.4) is 0 Å². The number of aromatic nitrogens is 2. The number of amides is 1. The molecule has 1 atom stereocenters. The van der Waals surface area contributed by atoms with Gasteiger partial charge in [0.25, 0.3) is 5.91 Å². The fourth-order valence-electron chi connectivity index (χ4n) is 3.74. The molecule has 0 saturated carbocycles. The zero-order chi connectivity index (χ0) is 21.3. The second-order valence-corrected chi connectivity index (χ2v) is 10.3. The number of piperidine rings is 1. The van der Waals surface area contributed by atoms with Crippen LogP contribution >= 0.6 is 15.9 Å². The Morgan fingerprint density at radius 3 is 2.87 bits per heavy atom. The fourth-order valence-corrected chi connectivity index (χ4v) is 5.84. The largest absolute Gasteiger partial charge is 0.346 e. The van der Waals surface area contributed by atoms with Crippen LogP contribution in [0.1, 0.15) is 42.2 Å². The van der Waals surface area contributed by atoms with Gasteiger partial charge in [-0.3, -0.25) is 4.79 Å². The van der Waals surface area contributed by atoms with Crippen LogP contribution in [0.5, 0.6) is 0 Å². The van der Waals surface area contributed by atoms with Gasteiger partial charge in [0.15, 0.2) is 0 Å². The predicted octanol–water partition coefficient (Wildman–Crippen LogP) is 3.59. The van der Waals surface area contributed by atoms with Crippen molar-refractivity contribution in [3.63, 3.8) is 0 Å². The summed E-state index contributed by atoms with van der Waals surface area (Å²) in [6.07, 6.45) is 6.49. The molecule has 30 heavy (non-hydrogen) atoms. The summed E-state index contributed by atoms with van der Waals surface area (Å²) < 4.78 is 30.5. The third-order valence-electron chi connectivity index (χ3n) is 5.34. The number of carbonyl (C=O) groups is 1. The quantitative estimate of drug-likeness (QED) is 0.592. The Morgan fingerprint density at radius 2 is 2.07 bits per heavy atom. The van der Waals surface area contributed by atoms with Crippen LogP contribution in [0.4, 0.5) is 0 Å². The van der Waals surface area contributed by atoms with Crippen LogP contribution in [0.25, 0.3) is 5.65 Å². The van der Waals surface area contributed by atoms with Gasteiger partial charge in [0.05, 0.1) is 17.1 Å². The number of hydrogen-bond donors (Lipinski definition) is 1. The van der Waals surface area contributed by atoms with Crippen molar-refractivity contribution in [2.75, 3.05) is 6.54 Å². The Balaban J connectivity index is 1.49. The van der Waals surface area contributed by atoms with Gasteiger partial charge in [-0.25, -0.2) is 13.4 Å². The molecule has 1 saturated heterocycles. The third-order valence-corrected chi connectivity index (χ3v) is 7.82. The summed E-state index contributed by atoms with van der Waals surface area (Å²) in [5.74, 6) is -0.336. The van der Waals surface area contributed by atoms with Crippen molar-refractivity contribution >= 4 is 37.5 Å². The fraction of sp³-hybridized carbons (Fsp3) is 0.333. The van der Waals surface area contributed by atoms with Crippen LogP contribution in [0.15, 0.2) is 58.2 Å². The minimum Gasteiger partial charge on any atom is -0.346 e. The highest BCUT2D eigenvalue weighted by Gasteiger charge is 2.31. The lowest BCUT2D eigenvalue weighted by molar-refractivity contribution is 0.0950. The van der Waals surface area contributed by atoms with E-state index in [9.17, 15) is 13.2 Å². The highest BCUT2D eigenvalue weighted by molar-refractivity contribution is 9.10. The normalized spacial score (nSPS) is 17.9. The van der Waals surface area contributed by atoms with Gasteiger partial charge in [0.2, 0.25) is 10.0 Å². The number of halogens is 1. The molecule has 1 aliphatic rings. The summed E-state index contributed by atoms with van der Waals surface area (Å²) in [7, 11) is -3.62. The van der Waals surface area contributed by atoms with Gasteiger partial charge >= 0.3 is 0 Å². The van der Waals surface area contributed by atoms with Crippen molar-refractivity contribution in [3.05, 3.63) is 64.5 Å². The topological polar surface area (TPSA) is 83.8 Å². The smallest absolute Gasteiger partial charge is 0.251 e. The minimum atomic E-state index is -3.62. The summed E-state index contributed by atoms with van der Waals surface area (Å²) in [6, 6.07) is 9.98. The van der Waals surface area contributed by atoms with Crippen molar-refractivity contribution in [2.45, 2.75) is 43.7 Å². The molecule has 158 valence electrons. The molecule has 7 nitrogen and oxygen atoms in total. The molecule has 3 aromatic rings. The summed E-state index contributed by atoms with van der Waals surface area (Å²) in [5, 5.41) is 2.82. The van der Waals surface area contributed by atoms with Crippen molar-refractivity contribution in [1.29, 1.82) is 0 Å². The first-order chi connectivity index (χ1) is 14.3. The maximum absolute atomic E-state index is 13.1. The van der Waals surface area contributed by atoms with Gasteiger partial charge in [0.1, 0.15) is 5.65 Å². The van der Waals surface area contributed by atoms with E-state index in [0.29, 0.717) is 17.8 Å². The highest BCUT2D eigenvalue weighted by atomic mass is 79.9. The molecule has 0 aliphatic carbocycles. The molecule has 4 rings (SSSR count). The Hall–Kier alpha value is -2.23. The lowest BCUT2D eigenvalue weighted by Gasteiger charge is -2.32. The van der Waals surface area contributed by atoms with Gasteiger partial charge in [0, 0.05) is 35.0 Å². The van der Waals surface area contributed by atoms with E-state index in [1.165, 1.54) is 6.07 Å². The molecule has 1 N–H and O–H groups in total. The maximum Gasteiger partial charge on any atom is 0.251 e. The van der Waals surface area contributed by atoms with E-state index in [2.05, 4.69) is 26.2 Å². The van der Waals surface area contributed by atoms with Gasteiger partial charge in [-0.05, 0) is 66.0 Å².